The van der Waals surface area contributed by atoms with Crippen molar-refractivity contribution in [3.63, 3.8) is 0 Å². The Hall–Kier alpha value is -1.26. The highest BCUT2D eigenvalue weighted by atomic mass is 16.4. The zero-order valence-corrected chi connectivity index (χ0v) is 12.5. The number of carboxylic acids is 1. The quantitative estimate of drug-likeness (QED) is 0.570. The summed E-state index contributed by atoms with van der Waals surface area (Å²) in [5.41, 5.74) is 0. The summed E-state index contributed by atoms with van der Waals surface area (Å²) in [7, 11) is 0. The molecule has 1 unspecified atom stereocenters. The predicted octanol–water partition coefficient (Wildman–Crippen LogP) is 2.90. The Morgan fingerprint density at radius 2 is 1.80 bits per heavy atom. The second-order valence-corrected chi connectivity index (χ2v) is 5.79. The van der Waals surface area contributed by atoms with Crippen LogP contribution in [0.2, 0.25) is 0 Å². The smallest absolute Gasteiger partial charge is 0.315 e. The number of rotatable bonds is 9. The molecule has 2 amide bonds. The van der Waals surface area contributed by atoms with Gasteiger partial charge in [-0.25, -0.2) is 4.79 Å². The van der Waals surface area contributed by atoms with Gasteiger partial charge in [-0.3, -0.25) is 4.79 Å². The number of amides is 2. The first-order chi connectivity index (χ1) is 9.59. The lowest BCUT2D eigenvalue weighted by atomic mass is 10.0. The van der Waals surface area contributed by atoms with E-state index in [4.69, 9.17) is 5.11 Å². The number of unbranched alkanes of at least 4 members (excludes halogenated alkanes) is 3. The van der Waals surface area contributed by atoms with Crippen molar-refractivity contribution in [3.8, 4) is 0 Å². The molecule has 0 radical (unpaired) electrons. The molecule has 1 fully saturated rings. The third kappa shape index (κ3) is 7.36. The van der Waals surface area contributed by atoms with Gasteiger partial charge in [-0.2, -0.15) is 0 Å². The Balaban J connectivity index is 1.95. The first kappa shape index (κ1) is 16.8. The fourth-order valence-electron chi connectivity index (χ4n) is 2.79. The number of hydrogen-bond acceptors (Lipinski definition) is 2. The average Bonchev–Trinajstić information content (AvgIpc) is 2.91. The maximum atomic E-state index is 11.7. The molecular formula is C15H28N2O3. The highest BCUT2D eigenvalue weighted by Gasteiger charge is 2.22. The standard InChI is InChI=1S/C15H28N2O3/c1-12(13-8-5-6-9-13)17-15(20)16-11-7-3-2-4-10-14(18)19/h12-13H,2-11H2,1H3,(H,18,19)(H2,16,17,20). The molecule has 0 saturated heterocycles. The molecule has 3 N–H and O–H groups in total. The van der Waals surface area contributed by atoms with Crippen LogP contribution in [-0.2, 0) is 4.79 Å². The van der Waals surface area contributed by atoms with Crippen LogP contribution >= 0.6 is 0 Å². The topological polar surface area (TPSA) is 78.4 Å². The third-order valence-electron chi connectivity index (χ3n) is 4.07. The number of aliphatic carboxylic acids is 1. The van der Waals surface area contributed by atoms with E-state index in [0.29, 0.717) is 12.5 Å². The lowest BCUT2D eigenvalue weighted by Crippen LogP contribution is -2.43. The monoisotopic (exact) mass is 284 g/mol. The molecule has 0 aromatic carbocycles. The zero-order valence-electron chi connectivity index (χ0n) is 12.5. The van der Waals surface area contributed by atoms with E-state index in [9.17, 15) is 9.59 Å². The molecule has 0 heterocycles. The van der Waals surface area contributed by atoms with Crippen LogP contribution in [0.15, 0.2) is 0 Å². The van der Waals surface area contributed by atoms with Gasteiger partial charge in [0.15, 0.2) is 0 Å². The number of nitrogens with one attached hydrogen (secondary N) is 2. The van der Waals surface area contributed by atoms with E-state index in [1.807, 2.05) is 0 Å². The number of carbonyl (C=O) groups excluding carboxylic acids is 1. The van der Waals surface area contributed by atoms with E-state index in [1.165, 1.54) is 25.7 Å². The molecule has 116 valence electrons. The van der Waals surface area contributed by atoms with Crippen LogP contribution in [0.4, 0.5) is 4.79 Å². The zero-order chi connectivity index (χ0) is 14.8. The third-order valence-corrected chi connectivity index (χ3v) is 4.07. The molecule has 1 rings (SSSR count). The van der Waals surface area contributed by atoms with Crippen molar-refractivity contribution in [2.45, 2.75) is 70.8 Å². The van der Waals surface area contributed by atoms with E-state index in [-0.39, 0.29) is 18.5 Å². The van der Waals surface area contributed by atoms with E-state index < -0.39 is 5.97 Å². The first-order valence-corrected chi connectivity index (χ1v) is 7.85. The number of hydrogen-bond donors (Lipinski definition) is 3. The molecule has 0 aromatic heterocycles. The highest BCUT2D eigenvalue weighted by molar-refractivity contribution is 5.74. The molecule has 1 aliphatic carbocycles. The summed E-state index contributed by atoms with van der Waals surface area (Å²) < 4.78 is 0. The molecule has 5 heteroatoms. The Kier molecular flexibility index (Phi) is 8.07. The fourth-order valence-corrected chi connectivity index (χ4v) is 2.79. The van der Waals surface area contributed by atoms with Gasteiger partial charge in [0, 0.05) is 19.0 Å². The number of carbonyl (C=O) groups is 2. The first-order valence-electron chi connectivity index (χ1n) is 7.85. The maximum Gasteiger partial charge on any atom is 0.315 e. The van der Waals surface area contributed by atoms with E-state index in [0.717, 1.165) is 25.7 Å². The van der Waals surface area contributed by atoms with Gasteiger partial charge in [0.25, 0.3) is 0 Å². The Morgan fingerprint density at radius 1 is 1.15 bits per heavy atom. The summed E-state index contributed by atoms with van der Waals surface area (Å²) in [6, 6.07) is 0.183. The van der Waals surface area contributed by atoms with Gasteiger partial charge in [0.05, 0.1) is 0 Å². The summed E-state index contributed by atoms with van der Waals surface area (Å²) in [5, 5.41) is 14.4. The van der Waals surface area contributed by atoms with Crippen LogP contribution in [0.5, 0.6) is 0 Å². The molecule has 5 nitrogen and oxygen atoms in total. The summed E-state index contributed by atoms with van der Waals surface area (Å²) in [4.78, 5) is 22.0. The molecule has 1 aliphatic rings. The Bertz CT molecular complexity index is 301. The normalized spacial score (nSPS) is 16.9. The fraction of sp³-hybridized carbons (Fsp3) is 0.867. The van der Waals surface area contributed by atoms with Gasteiger partial charge in [-0.05, 0) is 38.5 Å². The minimum atomic E-state index is -0.733. The van der Waals surface area contributed by atoms with Crippen LogP contribution in [0.25, 0.3) is 0 Å². The van der Waals surface area contributed by atoms with Crippen molar-refractivity contribution in [2.24, 2.45) is 5.92 Å². The molecule has 0 aromatic rings. The Morgan fingerprint density at radius 3 is 2.45 bits per heavy atom. The number of urea groups is 1. The minimum Gasteiger partial charge on any atom is -0.481 e. The second kappa shape index (κ2) is 9.61. The molecule has 20 heavy (non-hydrogen) atoms. The van der Waals surface area contributed by atoms with Gasteiger partial charge >= 0.3 is 12.0 Å². The van der Waals surface area contributed by atoms with Crippen molar-refractivity contribution >= 4 is 12.0 Å². The van der Waals surface area contributed by atoms with Crippen molar-refractivity contribution in [3.05, 3.63) is 0 Å². The number of carboxylic acid groups (broad SMARTS) is 1. The molecule has 0 spiro atoms. The van der Waals surface area contributed by atoms with Gasteiger partial charge in [-0.15, -0.1) is 0 Å². The summed E-state index contributed by atoms with van der Waals surface area (Å²) >= 11 is 0. The highest BCUT2D eigenvalue weighted by Crippen LogP contribution is 2.27. The largest absolute Gasteiger partial charge is 0.481 e. The lowest BCUT2D eigenvalue weighted by Gasteiger charge is -2.20. The average molecular weight is 284 g/mol. The molecule has 0 aliphatic heterocycles. The summed E-state index contributed by atoms with van der Waals surface area (Å²) in [5.74, 6) is -0.0971. The molecule has 1 atom stereocenters. The van der Waals surface area contributed by atoms with Crippen LogP contribution in [-0.4, -0.2) is 29.7 Å². The van der Waals surface area contributed by atoms with Crippen LogP contribution in [0.3, 0.4) is 0 Å². The van der Waals surface area contributed by atoms with Crippen LogP contribution in [0.1, 0.15) is 64.7 Å². The van der Waals surface area contributed by atoms with Crippen molar-refractivity contribution in [2.75, 3.05) is 6.54 Å². The van der Waals surface area contributed by atoms with Gasteiger partial charge in [0.2, 0.25) is 0 Å². The van der Waals surface area contributed by atoms with Crippen LogP contribution in [0, 0.1) is 5.92 Å². The molecule has 1 saturated carbocycles. The minimum absolute atomic E-state index is 0.0741. The van der Waals surface area contributed by atoms with Gasteiger partial charge in [-0.1, -0.05) is 25.7 Å². The van der Waals surface area contributed by atoms with Crippen molar-refractivity contribution < 1.29 is 14.7 Å². The summed E-state index contributed by atoms with van der Waals surface area (Å²) in [6.07, 6.45) is 8.77. The second-order valence-electron chi connectivity index (χ2n) is 5.79. The maximum absolute atomic E-state index is 11.7. The van der Waals surface area contributed by atoms with Crippen LogP contribution < -0.4 is 10.6 Å². The van der Waals surface area contributed by atoms with Gasteiger partial charge < -0.3 is 15.7 Å². The van der Waals surface area contributed by atoms with E-state index >= 15 is 0 Å². The summed E-state index contributed by atoms with van der Waals surface area (Å²) in [6.45, 7) is 2.75. The predicted molar refractivity (Wildman–Crippen MR) is 78.7 cm³/mol. The Labute approximate surface area is 121 Å². The van der Waals surface area contributed by atoms with Crippen molar-refractivity contribution in [1.29, 1.82) is 0 Å². The van der Waals surface area contributed by atoms with Gasteiger partial charge in [0.1, 0.15) is 0 Å². The molecular weight excluding hydrogens is 256 g/mol. The SMILES string of the molecule is CC(NC(=O)NCCCCCCC(=O)O)C1CCCC1. The van der Waals surface area contributed by atoms with Crippen molar-refractivity contribution in [1.82, 2.24) is 10.6 Å². The van der Waals surface area contributed by atoms with E-state index in [1.54, 1.807) is 0 Å². The lowest BCUT2D eigenvalue weighted by molar-refractivity contribution is -0.137. The van der Waals surface area contributed by atoms with E-state index in [2.05, 4.69) is 17.6 Å². The molecule has 0 bridgehead atoms.